The zero-order valence-corrected chi connectivity index (χ0v) is 14.3. The zero-order valence-electron chi connectivity index (χ0n) is 14.3. The van der Waals surface area contributed by atoms with E-state index in [1.54, 1.807) is 14.0 Å². The lowest BCUT2D eigenvalue weighted by molar-refractivity contribution is -0.140. The summed E-state index contributed by atoms with van der Waals surface area (Å²) in [6, 6.07) is 8.46. The highest BCUT2D eigenvalue weighted by atomic mass is 16.5. The smallest absolute Gasteiger partial charge is 0.302 e. The Bertz CT molecular complexity index is 532. The third-order valence-corrected chi connectivity index (χ3v) is 2.96. The first-order valence-electron chi connectivity index (χ1n) is 7.84. The van der Waals surface area contributed by atoms with Gasteiger partial charge in [-0.2, -0.15) is 0 Å². The zero-order chi connectivity index (χ0) is 17.1. The summed E-state index contributed by atoms with van der Waals surface area (Å²) in [6.07, 6.45) is 6.28. The van der Waals surface area contributed by atoms with Crippen LogP contribution in [0.4, 0.5) is 0 Å². The Morgan fingerprint density at radius 3 is 2.39 bits per heavy atom. The van der Waals surface area contributed by atoms with E-state index in [0.29, 0.717) is 12.6 Å². The van der Waals surface area contributed by atoms with Gasteiger partial charge in [0.2, 0.25) is 0 Å². The molecule has 1 aliphatic carbocycles. The number of benzene rings is 1. The Labute approximate surface area is 138 Å². The molecule has 0 atom stereocenters. The van der Waals surface area contributed by atoms with Crippen molar-refractivity contribution in [3.8, 4) is 5.75 Å². The Morgan fingerprint density at radius 1 is 1.35 bits per heavy atom. The predicted octanol–water partition coefficient (Wildman–Crippen LogP) is 3.30. The summed E-state index contributed by atoms with van der Waals surface area (Å²) >= 11 is 0. The quantitative estimate of drug-likeness (QED) is 0.514. The molecule has 0 aliphatic heterocycles. The highest BCUT2D eigenvalue weighted by molar-refractivity contribution is 5.99. The number of amidine groups is 1. The second kappa shape index (κ2) is 10.4. The summed E-state index contributed by atoms with van der Waals surface area (Å²) in [5.41, 5.74) is 1.09. The molecule has 1 aromatic rings. The molecule has 1 aromatic carbocycles. The van der Waals surface area contributed by atoms with E-state index in [4.69, 9.17) is 4.74 Å². The fourth-order valence-electron chi connectivity index (χ4n) is 1.70. The largest absolute Gasteiger partial charge is 0.497 e. The molecular formula is C18H26N2O3. The van der Waals surface area contributed by atoms with Gasteiger partial charge in [-0.3, -0.25) is 9.79 Å². The molecule has 0 bridgehead atoms. The van der Waals surface area contributed by atoms with E-state index in [2.05, 4.69) is 15.0 Å². The van der Waals surface area contributed by atoms with Crippen LogP contribution < -0.4 is 10.1 Å². The third kappa shape index (κ3) is 8.04. The number of nitrogens with one attached hydrogen (secondary N) is 1. The summed E-state index contributed by atoms with van der Waals surface area (Å²) in [6.45, 7) is 5.63. The van der Waals surface area contributed by atoms with E-state index >= 15 is 0 Å². The Balaban J connectivity index is 0.000000379. The maximum atomic E-state index is 9.82. The third-order valence-electron chi connectivity index (χ3n) is 2.96. The van der Waals surface area contributed by atoms with Crippen LogP contribution in [0.5, 0.6) is 5.75 Å². The van der Waals surface area contributed by atoms with E-state index in [1.165, 1.54) is 19.8 Å². The van der Waals surface area contributed by atoms with Crippen molar-refractivity contribution in [2.45, 2.75) is 39.7 Å². The highest BCUT2D eigenvalue weighted by Gasteiger charge is 2.21. The average Bonchev–Trinajstić information content (AvgIpc) is 3.36. The van der Waals surface area contributed by atoms with Gasteiger partial charge in [-0.05, 0) is 57.2 Å². The van der Waals surface area contributed by atoms with Crippen LogP contribution >= 0.6 is 0 Å². The number of esters is 1. The predicted molar refractivity (Wildman–Crippen MR) is 92.8 cm³/mol. The lowest BCUT2D eigenvalue weighted by Gasteiger charge is -2.07. The van der Waals surface area contributed by atoms with Crippen molar-refractivity contribution in [2.24, 2.45) is 4.99 Å². The van der Waals surface area contributed by atoms with Crippen molar-refractivity contribution in [1.82, 2.24) is 5.32 Å². The standard InChI is InChI=1S/C14H18N2O.C4H8O2/c1-3-10-15-14(16-12-6-7-12)11-4-8-13(17-2)9-5-11;1-3-6-4(2)5/h3-5,8-10,12H,6-7H2,1-2H3,(H,15,16);3H2,1-2H3/b10-3+;. The number of methoxy groups -OCH3 is 1. The summed E-state index contributed by atoms with van der Waals surface area (Å²) in [5, 5.41) is 3.22. The first kappa shape index (κ1) is 18.7. The minimum absolute atomic E-state index is 0.211. The molecule has 1 saturated carbocycles. The summed E-state index contributed by atoms with van der Waals surface area (Å²) in [5.74, 6) is 1.59. The van der Waals surface area contributed by atoms with E-state index in [9.17, 15) is 4.79 Å². The monoisotopic (exact) mass is 318 g/mol. The van der Waals surface area contributed by atoms with Crippen molar-refractivity contribution in [1.29, 1.82) is 0 Å². The average molecular weight is 318 g/mol. The molecule has 5 heteroatoms. The fourth-order valence-corrected chi connectivity index (χ4v) is 1.70. The van der Waals surface area contributed by atoms with Crippen LogP contribution in [0.3, 0.4) is 0 Å². The van der Waals surface area contributed by atoms with Gasteiger partial charge in [0.1, 0.15) is 11.6 Å². The molecule has 0 amide bonds. The molecule has 1 aliphatic rings. The first-order valence-corrected chi connectivity index (χ1v) is 7.84. The van der Waals surface area contributed by atoms with Crippen LogP contribution in [-0.4, -0.2) is 31.6 Å². The number of aliphatic imine (C=N–C) groups is 1. The van der Waals surface area contributed by atoms with Gasteiger partial charge in [0, 0.05) is 12.5 Å². The van der Waals surface area contributed by atoms with Crippen LogP contribution in [0.15, 0.2) is 41.5 Å². The molecule has 0 aromatic heterocycles. The van der Waals surface area contributed by atoms with Gasteiger partial charge in [0.25, 0.3) is 0 Å². The molecule has 2 rings (SSSR count). The van der Waals surface area contributed by atoms with Crippen LogP contribution in [0.1, 0.15) is 39.2 Å². The number of carbonyl (C=O) groups is 1. The lowest BCUT2D eigenvalue weighted by Crippen LogP contribution is -2.19. The number of nitrogens with zero attached hydrogens (tertiary/aromatic N) is 1. The molecule has 0 radical (unpaired) electrons. The minimum Gasteiger partial charge on any atom is -0.497 e. The van der Waals surface area contributed by atoms with Crippen LogP contribution in [0.25, 0.3) is 0 Å². The molecule has 5 nitrogen and oxygen atoms in total. The van der Waals surface area contributed by atoms with Gasteiger partial charge in [0.05, 0.1) is 19.8 Å². The molecule has 0 heterocycles. The Kier molecular flexibility index (Phi) is 8.50. The van der Waals surface area contributed by atoms with E-state index in [-0.39, 0.29) is 5.97 Å². The van der Waals surface area contributed by atoms with Crippen molar-refractivity contribution in [3.63, 3.8) is 0 Å². The van der Waals surface area contributed by atoms with Gasteiger partial charge in [0.15, 0.2) is 0 Å². The summed E-state index contributed by atoms with van der Waals surface area (Å²) in [7, 11) is 1.67. The summed E-state index contributed by atoms with van der Waals surface area (Å²) < 4.78 is 9.55. The highest BCUT2D eigenvalue weighted by Crippen LogP contribution is 2.24. The second-order valence-corrected chi connectivity index (χ2v) is 5.01. The number of carbonyl (C=O) groups excluding carboxylic acids is 1. The van der Waals surface area contributed by atoms with Crippen LogP contribution in [0, 0.1) is 0 Å². The van der Waals surface area contributed by atoms with Gasteiger partial charge in [-0.25, -0.2) is 0 Å². The Morgan fingerprint density at radius 2 is 2.00 bits per heavy atom. The van der Waals surface area contributed by atoms with Crippen molar-refractivity contribution < 1.29 is 14.3 Å². The van der Waals surface area contributed by atoms with E-state index in [1.807, 2.05) is 43.5 Å². The van der Waals surface area contributed by atoms with E-state index in [0.717, 1.165) is 17.1 Å². The number of rotatable bonds is 5. The molecule has 126 valence electrons. The maximum Gasteiger partial charge on any atom is 0.302 e. The van der Waals surface area contributed by atoms with Crippen LogP contribution in [-0.2, 0) is 9.53 Å². The van der Waals surface area contributed by atoms with E-state index < -0.39 is 0 Å². The lowest BCUT2D eigenvalue weighted by atomic mass is 10.2. The van der Waals surface area contributed by atoms with Gasteiger partial charge < -0.3 is 14.8 Å². The van der Waals surface area contributed by atoms with Crippen molar-refractivity contribution in [2.75, 3.05) is 13.7 Å². The molecule has 0 unspecified atom stereocenters. The molecule has 1 N–H and O–H groups in total. The van der Waals surface area contributed by atoms with Gasteiger partial charge >= 0.3 is 5.97 Å². The summed E-state index contributed by atoms with van der Waals surface area (Å²) in [4.78, 5) is 14.5. The van der Waals surface area contributed by atoms with Crippen molar-refractivity contribution in [3.05, 3.63) is 42.1 Å². The van der Waals surface area contributed by atoms with Crippen molar-refractivity contribution >= 4 is 11.8 Å². The fraction of sp³-hybridized carbons (Fsp3) is 0.444. The molecule has 23 heavy (non-hydrogen) atoms. The number of allylic oxidation sites excluding steroid dienone is 1. The number of hydrogen-bond acceptors (Lipinski definition) is 4. The molecular weight excluding hydrogens is 292 g/mol. The topological polar surface area (TPSA) is 59.9 Å². The van der Waals surface area contributed by atoms with Gasteiger partial charge in [-0.1, -0.05) is 6.08 Å². The molecule has 0 spiro atoms. The SMILES string of the molecule is C/C=C/NC(=NC1CC1)c1ccc(OC)cc1.CCOC(C)=O. The second-order valence-electron chi connectivity index (χ2n) is 5.01. The molecule has 1 fully saturated rings. The number of hydrogen-bond donors (Lipinski definition) is 1. The first-order chi connectivity index (χ1) is 11.1. The minimum atomic E-state index is -0.211. The molecule has 0 saturated heterocycles. The number of ether oxygens (including phenoxy) is 2. The maximum absolute atomic E-state index is 9.82. The Hall–Kier alpha value is -2.30. The van der Waals surface area contributed by atoms with Gasteiger partial charge in [-0.15, -0.1) is 0 Å². The normalized spacial score (nSPS) is 14.0. The van der Waals surface area contributed by atoms with Crippen LogP contribution in [0.2, 0.25) is 0 Å².